The topological polar surface area (TPSA) is 51.4 Å². The van der Waals surface area contributed by atoms with Gasteiger partial charge in [0.2, 0.25) is 5.88 Å². The van der Waals surface area contributed by atoms with E-state index < -0.39 is 0 Å². The summed E-state index contributed by atoms with van der Waals surface area (Å²) in [6, 6.07) is 4.35. The van der Waals surface area contributed by atoms with Gasteiger partial charge >= 0.3 is 0 Å². The number of pyridine rings is 1. The molecule has 2 rings (SSSR count). The van der Waals surface area contributed by atoms with Crippen LogP contribution in [0.3, 0.4) is 0 Å². The van der Waals surface area contributed by atoms with Gasteiger partial charge in [0.05, 0.1) is 7.11 Å². The molecule has 0 atom stereocenters. The number of nitrogens with two attached hydrogens (primary N) is 1. The van der Waals surface area contributed by atoms with Crippen molar-refractivity contribution in [1.29, 1.82) is 0 Å². The molecule has 1 fully saturated rings. The van der Waals surface area contributed by atoms with Crippen LogP contribution in [-0.2, 0) is 0 Å². The Hall–Kier alpha value is -1.29. The second kappa shape index (κ2) is 4.49. The zero-order valence-corrected chi connectivity index (χ0v) is 9.02. The molecule has 0 aliphatic carbocycles. The summed E-state index contributed by atoms with van der Waals surface area (Å²) in [5, 5.41) is 0. The van der Waals surface area contributed by atoms with E-state index in [2.05, 4.69) is 9.88 Å². The van der Waals surface area contributed by atoms with Gasteiger partial charge in [-0.15, -0.1) is 0 Å². The third kappa shape index (κ3) is 2.39. The van der Waals surface area contributed by atoms with Crippen molar-refractivity contribution >= 4 is 5.69 Å². The van der Waals surface area contributed by atoms with Crippen LogP contribution >= 0.6 is 0 Å². The third-order valence-corrected chi connectivity index (χ3v) is 2.83. The van der Waals surface area contributed by atoms with Crippen LogP contribution < -0.4 is 15.4 Å². The first-order chi connectivity index (χ1) is 7.29. The monoisotopic (exact) mass is 207 g/mol. The number of hydrogen-bond acceptors (Lipinski definition) is 4. The van der Waals surface area contributed by atoms with Crippen molar-refractivity contribution in [3.63, 3.8) is 0 Å². The van der Waals surface area contributed by atoms with Crippen molar-refractivity contribution in [1.82, 2.24) is 4.98 Å². The number of aromatic nitrogens is 1. The molecule has 2 N–H and O–H groups in total. The van der Waals surface area contributed by atoms with Crippen LogP contribution in [0.2, 0.25) is 0 Å². The van der Waals surface area contributed by atoms with E-state index in [-0.39, 0.29) is 0 Å². The lowest BCUT2D eigenvalue weighted by Gasteiger charge is -2.31. The van der Waals surface area contributed by atoms with Crippen LogP contribution in [0.4, 0.5) is 5.69 Å². The molecule has 1 aliphatic heterocycles. The van der Waals surface area contributed by atoms with Crippen LogP contribution in [0.5, 0.6) is 5.88 Å². The van der Waals surface area contributed by atoms with Gasteiger partial charge in [0.15, 0.2) is 0 Å². The summed E-state index contributed by atoms with van der Waals surface area (Å²) in [7, 11) is 1.64. The second-order valence-electron chi connectivity index (χ2n) is 3.88. The zero-order chi connectivity index (χ0) is 10.7. The van der Waals surface area contributed by atoms with Crippen molar-refractivity contribution in [2.45, 2.75) is 18.9 Å². The Labute approximate surface area is 90.0 Å². The maximum Gasteiger partial charge on any atom is 0.214 e. The Kier molecular flexibility index (Phi) is 3.06. The van der Waals surface area contributed by atoms with Gasteiger partial charge in [-0.3, -0.25) is 0 Å². The molecule has 82 valence electrons. The van der Waals surface area contributed by atoms with Gasteiger partial charge in [-0.1, -0.05) is 0 Å². The van der Waals surface area contributed by atoms with E-state index in [1.54, 1.807) is 13.3 Å². The molecular weight excluding hydrogens is 190 g/mol. The average molecular weight is 207 g/mol. The molecule has 1 aliphatic rings. The minimum absolute atomic E-state index is 0.366. The Morgan fingerprint density at radius 3 is 2.87 bits per heavy atom. The van der Waals surface area contributed by atoms with Crippen molar-refractivity contribution in [3.05, 3.63) is 18.3 Å². The van der Waals surface area contributed by atoms with Gasteiger partial charge in [-0.2, -0.15) is 0 Å². The first kappa shape index (κ1) is 10.2. The Morgan fingerprint density at radius 1 is 1.47 bits per heavy atom. The van der Waals surface area contributed by atoms with Gasteiger partial charge < -0.3 is 15.4 Å². The molecule has 0 unspecified atom stereocenters. The Balaban J connectivity index is 2.08. The van der Waals surface area contributed by atoms with Crippen molar-refractivity contribution in [2.24, 2.45) is 5.73 Å². The minimum Gasteiger partial charge on any atom is -0.481 e. The highest BCUT2D eigenvalue weighted by Gasteiger charge is 2.16. The largest absolute Gasteiger partial charge is 0.481 e. The predicted molar refractivity (Wildman–Crippen MR) is 60.2 cm³/mol. The summed E-state index contributed by atoms with van der Waals surface area (Å²) in [6.07, 6.45) is 3.90. The van der Waals surface area contributed by atoms with E-state index in [0.717, 1.165) is 25.9 Å². The molecule has 0 radical (unpaired) electrons. The van der Waals surface area contributed by atoms with E-state index in [1.165, 1.54) is 5.69 Å². The first-order valence-electron chi connectivity index (χ1n) is 5.30. The lowest BCUT2D eigenvalue weighted by Crippen LogP contribution is -2.39. The molecule has 0 amide bonds. The van der Waals surface area contributed by atoms with Crippen LogP contribution in [-0.4, -0.2) is 31.2 Å². The second-order valence-corrected chi connectivity index (χ2v) is 3.88. The molecule has 0 spiro atoms. The van der Waals surface area contributed by atoms with Gasteiger partial charge in [0.1, 0.15) is 0 Å². The summed E-state index contributed by atoms with van der Waals surface area (Å²) >= 11 is 0. The summed E-state index contributed by atoms with van der Waals surface area (Å²) < 4.78 is 5.10. The predicted octanol–water partition coefficient (Wildman–Crippen LogP) is 1.02. The lowest BCUT2D eigenvalue weighted by atomic mass is 10.1. The SMILES string of the molecule is COc1cc(N2CCC(N)CC2)ccn1. The lowest BCUT2D eigenvalue weighted by molar-refractivity contribution is 0.397. The van der Waals surface area contributed by atoms with E-state index in [9.17, 15) is 0 Å². The number of nitrogens with zero attached hydrogens (tertiary/aromatic N) is 2. The quantitative estimate of drug-likeness (QED) is 0.786. The molecule has 4 heteroatoms. The van der Waals surface area contributed by atoms with Gasteiger partial charge in [0.25, 0.3) is 0 Å². The van der Waals surface area contributed by atoms with Crippen LogP contribution in [0.1, 0.15) is 12.8 Å². The zero-order valence-electron chi connectivity index (χ0n) is 9.02. The van der Waals surface area contributed by atoms with Crippen LogP contribution in [0.15, 0.2) is 18.3 Å². The fourth-order valence-corrected chi connectivity index (χ4v) is 1.86. The maximum atomic E-state index is 5.87. The number of methoxy groups -OCH3 is 1. The van der Waals surface area contributed by atoms with E-state index in [1.807, 2.05) is 12.1 Å². The molecule has 0 bridgehead atoms. The van der Waals surface area contributed by atoms with Gasteiger partial charge in [-0.25, -0.2) is 4.98 Å². The summed E-state index contributed by atoms with van der Waals surface area (Å²) in [6.45, 7) is 2.04. The highest BCUT2D eigenvalue weighted by Crippen LogP contribution is 2.21. The number of ether oxygens (including phenoxy) is 1. The molecular formula is C11H17N3O. The number of piperidine rings is 1. The van der Waals surface area contributed by atoms with E-state index >= 15 is 0 Å². The highest BCUT2D eigenvalue weighted by molar-refractivity contribution is 5.48. The van der Waals surface area contributed by atoms with E-state index in [0.29, 0.717) is 11.9 Å². The molecule has 15 heavy (non-hydrogen) atoms. The minimum atomic E-state index is 0.366. The van der Waals surface area contributed by atoms with Crippen LogP contribution in [0.25, 0.3) is 0 Å². The molecule has 1 aromatic rings. The molecule has 0 saturated carbocycles. The van der Waals surface area contributed by atoms with Gasteiger partial charge in [0, 0.05) is 37.1 Å². The number of hydrogen-bond donors (Lipinski definition) is 1. The molecule has 2 heterocycles. The number of anilines is 1. The van der Waals surface area contributed by atoms with E-state index in [4.69, 9.17) is 10.5 Å². The normalized spacial score (nSPS) is 17.9. The molecule has 0 aromatic carbocycles. The van der Waals surface area contributed by atoms with Crippen molar-refractivity contribution < 1.29 is 4.74 Å². The Bertz CT molecular complexity index is 321. The first-order valence-corrected chi connectivity index (χ1v) is 5.30. The average Bonchev–Trinajstić information content (AvgIpc) is 2.30. The van der Waals surface area contributed by atoms with Crippen molar-refractivity contribution in [3.8, 4) is 5.88 Å². The number of rotatable bonds is 2. The smallest absolute Gasteiger partial charge is 0.214 e. The molecule has 1 aromatic heterocycles. The van der Waals surface area contributed by atoms with Crippen molar-refractivity contribution in [2.75, 3.05) is 25.1 Å². The van der Waals surface area contributed by atoms with Crippen LogP contribution in [0, 0.1) is 0 Å². The summed E-state index contributed by atoms with van der Waals surface area (Å²) in [5.74, 6) is 0.669. The van der Waals surface area contributed by atoms with Gasteiger partial charge in [-0.05, 0) is 18.9 Å². The summed E-state index contributed by atoms with van der Waals surface area (Å²) in [5.41, 5.74) is 7.04. The molecule has 4 nitrogen and oxygen atoms in total. The standard InChI is InChI=1S/C11H17N3O/c1-15-11-8-10(2-5-13-11)14-6-3-9(12)4-7-14/h2,5,8-9H,3-4,6-7,12H2,1H3. The summed E-state index contributed by atoms with van der Waals surface area (Å²) in [4.78, 5) is 6.42. The molecule has 1 saturated heterocycles. The fourth-order valence-electron chi connectivity index (χ4n) is 1.86. The highest BCUT2D eigenvalue weighted by atomic mass is 16.5. The third-order valence-electron chi connectivity index (χ3n) is 2.83. The Morgan fingerprint density at radius 2 is 2.20 bits per heavy atom. The maximum absolute atomic E-state index is 5.87. The fraction of sp³-hybridized carbons (Fsp3) is 0.545.